The van der Waals surface area contributed by atoms with Crippen molar-refractivity contribution in [3.63, 3.8) is 0 Å². The predicted octanol–water partition coefficient (Wildman–Crippen LogP) is 3.50. The Hall–Kier alpha value is -3.69. The number of hydrazone groups is 1. The van der Waals surface area contributed by atoms with E-state index in [2.05, 4.69) is 10.5 Å². The van der Waals surface area contributed by atoms with E-state index in [1.807, 2.05) is 13.0 Å². The third-order valence-corrected chi connectivity index (χ3v) is 3.91. The molecular weight excluding hydrogens is 356 g/mol. The number of nitrogens with one attached hydrogen (secondary N) is 1. The third-order valence-electron chi connectivity index (χ3n) is 3.91. The van der Waals surface area contributed by atoms with Gasteiger partial charge in [-0.3, -0.25) is 25.7 Å². The molecule has 0 spiro atoms. The van der Waals surface area contributed by atoms with Gasteiger partial charge in [-0.2, -0.15) is 5.10 Å². The van der Waals surface area contributed by atoms with Gasteiger partial charge in [-0.1, -0.05) is 6.92 Å². The van der Waals surface area contributed by atoms with Crippen LogP contribution in [0.25, 0.3) is 0 Å². The van der Waals surface area contributed by atoms with Gasteiger partial charge < -0.3 is 9.47 Å². The Morgan fingerprint density at radius 3 is 2.48 bits per heavy atom. The zero-order valence-electron chi connectivity index (χ0n) is 14.4. The molecule has 1 N–H and O–H groups in total. The molecule has 0 fully saturated rings. The first-order valence-electron chi connectivity index (χ1n) is 8.15. The average molecular weight is 372 g/mol. The van der Waals surface area contributed by atoms with Crippen LogP contribution in [0.4, 0.5) is 17.1 Å². The van der Waals surface area contributed by atoms with Gasteiger partial charge in [0.2, 0.25) is 0 Å². The van der Waals surface area contributed by atoms with Gasteiger partial charge in [0.15, 0.2) is 11.5 Å². The van der Waals surface area contributed by atoms with Crippen LogP contribution in [0.1, 0.15) is 18.9 Å². The van der Waals surface area contributed by atoms with E-state index in [0.717, 1.165) is 11.6 Å². The Kier molecular flexibility index (Phi) is 5.15. The second-order valence-electron chi connectivity index (χ2n) is 5.60. The maximum Gasteiger partial charge on any atom is 0.301 e. The molecule has 2 aromatic rings. The minimum Gasteiger partial charge on any atom is -0.486 e. The molecule has 0 bridgehead atoms. The van der Waals surface area contributed by atoms with Gasteiger partial charge in [0.25, 0.3) is 5.69 Å². The lowest BCUT2D eigenvalue weighted by Crippen LogP contribution is -2.16. The predicted molar refractivity (Wildman–Crippen MR) is 97.6 cm³/mol. The highest BCUT2D eigenvalue weighted by atomic mass is 16.6. The molecule has 1 aliphatic heterocycles. The highest BCUT2D eigenvalue weighted by Gasteiger charge is 2.19. The number of nitro groups is 2. The summed E-state index contributed by atoms with van der Waals surface area (Å²) in [4.78, 5) is 20.6. The largest absolute Gasteiger partial charge is 0.486 e. The second kappa shape index (κ2) is 7.68. The van der Waals surface area contributed by atoms with Gasteiger partial charge in [-0.05, 0) is 30.7 Å². The molecular formula is C17H16N4O6. The van der Waals surface area contributed by atoms with E-state index in [1.54, 1.807) is 12.1 Å². The van der Waals surface area contributed by atoms with Gasteiger partial charge in [0.1, 0.15) is 18.9 Å². The first kappa shape index (κ1) is 18.1. The van der Waals surface area contributed by atoms with Gasteiger partial charge in [0.05, 0.1) is 21.6 Å². The van der Waals surface area contributed by atoms with Crippen LogP contribution >= 0.6 is 0 Å². The molecule has 2 aromatic carbocycles. The monoisotopic (exact) mass is 372 g/mol. The molecule has 0 saturated carbocycles. The molecule has 10 heteroatoms. The van der Waals surface area contributed by atoms with Crippen LogP contribution in [0.5, 0.6) is 11.5 Å². The number of hydrogen-bond acceptors (Lipinski definition) is 8. The standard InChI is InChI=1S/C17H16N4O6/c1-2-13(11-3-6-16-17(9-11)27-8-7-26-16)18-19-14-5-4-12(20(22)23)10-15(14)21(24)25/h3-6,9-10,19H,2,7-8H2,1H3/b18-13+. The van der Waals surface area contributed by atoms with E-state index in [1.165, 1.54) is 12.1 Å². The number of benzene rings is 2. The van der Waals surface area contributed by atoms with Crippen molar-refractivity contribution in [3.8, 4) is 11.5 Å². The smallest absolute Gasteiger partial charge is 0.301 e. The van der Waals surface area contributed by atoms with Crippen LogP contribution in [0, 0.1) is 20.2 Å². The number of rotatable bonds is 6. The van der Waals surface area contributed by atoms with E-state index in [4.69, 9.17) is 9.47 Å². The summed E-state index contributed by atoms with van der Waals surface area (Å²) in [5.41, 5.74) is 3.33. The lowest BCUT2D eigenvalue weighted by Gasteiger charge is -2.19. The molecule has 0 aromatic heterocycles. The summed E-state index contributed by atoms with van der Waals surface area (Å²) in [6.07, 6.45) is 0.549. The highest BCUT2D eigenvalue weighted by molar-refractivity contribution is 6.01. The third kappa shape index (κ3) is 3.94. The topological polar surface area (TPSA) is 129 Å². The maximum atomic E-state index is 11.2. The number of fused-ring (bicyclic) bond motifs is 1. The van der Waals surface area contributed by atoms with Crippen LogP contribution in [0.3, 0.4) is 0 Å². The zero-order valence-corrected chi connectivity index (χ0v) is 14.4. The van der Waals surface area contributed by atoms with Gasteiger partial charge in [-0.25, -0.2) is 0 Å². The fourth-order valence-electron chi connectivity index (χ4n) is 2.58. The fourth-order valence-corrected chi connectivity index (χ4v) is 2.58. The summed E-state index contributed by atoms with van der Waals surface area (Å²) >= 11 is 0. The summed E-state index contributed by atoms with van der Waals surface area (Å²) in [5, 5.41) is 26.3. The SMILES string of the molecule is CC/C(=N\Nc1ccc([N+](=O)[O-])cc1[N+](=O)[O-])c1ccc2c(c1)OCCO2. The van der Waals surface area contributed by atoms with Crippen molar-refractivity contribution in [3.05, 3.63) is 62.2 Å². The molecule has 0 atom stereocenters. The summed E-state index contributed by atoms with van der Waals surface area (Å²) < 4.78 is 11.0. The van der Waals surface area contributed by atoms with Crippen molar-refractivity contribution in [1.29, 1.82) is 0 Å². The van der Waals surface area contributed by atoms with Crippen molar-refractivity contribution in [2.24, 2.45) is 5.10 Å². The lowest BCUT2D eigenvalue weighted by molar-refractivity contribution is -0.393. The quantitative estimate of drug-likeness (QED) is 0.466. The van der Waals surface area contributed by atoms with E-state index in [0.29, 0.717) is 36.8 Å². The Bertz CT molecular complexity index is 928. The van der Waals surface area contributed by atoms with Crippen LogP contribution in [-0.2, 0) is 0 Å². The van der Waals surface area contributed by atoms with Crippen LogP contribution < -0.4 is 14.9 Å². The Balaban J connectivity index is 1.89. The molecule has 0 unspecified atom stereocenters. The minimum atomic E-state index is -0.694. The molecule has 3 rings (SSSR count). The molecule has 0 aliphatic carbocycles. The Morgan fingerprint density at radius 1 is 1.07 bits per heavy atom. The van der Waals surface area contributed by atoms with E-state index < -0.39 is 15.5 Å². The molecule has 1 heterocycles. The number of non-ortho nitro benzene ring substituents is 1. The van der Waals surface area contributed by atoms with Crippen molar-refractivity contribution in [2.45, 2.75) is 13.3 Å². The minimum absolute atomic E-state index is 0.0640. The molecule has 27 heavy (non-hydrogen) atoms. The van der Waals surface area contributed by atoms with Gasteiger partial charge in [0, 0.05) is 11.6 Å². The van der Waals surface area contributed by atoms with E-state index in [-0.39, 0.29) is 11.4 Å². The number of nitro benzene ring substituents is 2. The average Bonchev–Trinajstić information content (AvgIpc) is 2.68. The first-order chi connectivity index (χ1) is 13.0. The van der Waals surface area contributed by atoms with Crippen molar-refractivity contribution >= 4 is 22.8 Å². The summed E-state index contributed by atoms with van der Waals surface area (Å²) in [5.74, 6) is 1.26. The van der Waals surface area contributed by atoms with Crippen LogP contribution in [-0.4, -0.2) is 28.8 Å². The van der Waals surface area contributed by atoms with E-state index in [9.17, 15) is 20.2 Å². The van der Waals surface area contributed by atoms with Crippen LogP contribution in [0.15, 0.2) is 41.5 Å². The van der Waals surface area contributed by atoms with Gasteiger partial charge in [-0.15, -0.1) is 0 Å². The molecule has 1 aliphatic rings. The fraction of sp³-hybridized carbons (Fsp3) is 0.235. The molecule has 10 nitrogen and oxygen atoms in total. The summed E-state index contributed by atoms with van der Waals surface area (Å²) in [7, 11) is 0. The maximum absolute atomic E-state index is 11.2. The van der Waals surface area contributed by atoms with Crippen molar-refractivity contribution in [1.82, 2.24) is 0 Å². The molecule has 140 valence electrons. The second-order valence-corrected chi connectivity index (χ2v) is 5.60. The van der Waals surface area contributed by atoms with Gasteiger partial charge >= 0.3 is 5.69 Å². The van der Waals surface area contributed by atoms with E-state index >= 15 is 0 Å². The Morgan fingerprint density at radius 2 is 1.81 bits per heavy atom. The zero-order chi connectivity index (χ0) is 19.4. The highest BCUT2D eigenvalue weighted by Crippen LogP contribution is 2.32. The summed E-state index contributed by atoms with van der Waals surface area (Å²) in [6.45, 7) is 2.84. The number of hydrogen-bond donors (Lipinski definition) is 1. The number of nitrogens with zero attached hydrogens (tertiary/aromatic N) is 3. The first-order valence-corrected chi connectivity index (χ1v) is 8.15. The van der Waals surface area contributed by atoms with Crippen molar-refractivity contribution in [2.75, 3.05) is 18.6 Å². The normalized spacial score (nSPS) is 13.1. The molecule has 0 radical (unpaired) electrons. The Labute approximate surface area is 153 Å². The number of anilines is 1. The van der Waals surface area contributed by atoms with Crippen molar-refractivity contribution < 1.29 is 19.3 Å². The molecule has 0 saturated heterocycles. The van der Waals surface area contributed by atoms with Crippen LogP contribution in [0.2, 0.25) is 0 Å². The summed E-state index contributed by atoms with van der Waals surface area (Å²) in [6, 6.07) is 8.73. The lowest BCUT2D eigenvalue weighted by atomic mass is 10.1. The molecule has 0 amide bonds. The number of ether oxygens (including phenoxy) is 2.